The first-order valence-electron chi connectivity index (χ1n) is 5.36. The number of likely N-dealkylation sites (tertiary alicyclic amines) is 1. The van der Waals surface area contributed by atoms with Gasteiger partial charge in [0.2, 0.25) is 0 Å². The topological polar surface area (TPSA) is 49.8 Å². The Labute approximate surface area is 90.5 Å². The maximum absolute atomic E-state index is 11.5. The van der Waals surface area contributed by atoms with E-state index in [9.17, 15) is 4.79 Å². The van der Waals surface area contributed by atoms with E-state index in [1.807, 2.05) is 0 Å². The highest BCUT2D eigenvalue weighted by Gasteiger charge is 2.23. The van der Waals surface area contributed by atoms with Crippen molar-refractivity contribution < 1.29 is 14.6 Å². The van der Waals surface area contributed by atoms with Gasteiger partial charge in [-0.1, -0.05) is 6.58 Å². The van der Waals surface area contributed by atoms with E-state index in [1.165, 1.54) is 0 Å². The number of nitrogens with zero attached hydrogens (tertiary/aromatic N) is 1. The molecule has 4 nitrogen and oxygen atoms in total. The number of aliphatic hydroxyl groups excluding tert-OH is 1. The summed E-state index contributed by atoms with van der Waals surface area (Å²) in [5.41, 5.74) is 0. The lowest BCUT2D eigenvalue weighted by molar-refractivity contribution is 0.106. The molecular formula is C11H19NO3. The van der Waals surface area contributed by atoms with Crippen molar-refractivity contribution in [3.8, 4) is 0 Å². The molecule has 1 fully saturated rings. The van der Waals surface area contributed by atoms with Crippen LogP contribution in [0, 0.1) is 5.92 Å². The first kappa shape index (κ1) is 12.0. The van der Waals surface area contributed by atoms with Crippen LogP contribution in [0.4, 0.5) is 4.79 Å². The highest BCUT2D eigenvalue weighted by molar-refractivity contribution is 5.68. The average molecular weight is 213 g/mol. The van der Waals surface area contributed by atoms with Crippen LogP contribution in [0.2, 0.25) is 0 Å². The quantitative estimate of drug-likeness (QED) is 0.727. The monoisotopic (exact) mass is 213 g/mol. The largest absolute Gasteiger partial charge is 0.416 e. The van der Waals surface area contributed by atoms with Gasteiger partial charge >= 0.3 is 6.09 Å². The van der Waals surface area contributed by atoms with Gasteiger partial charge in [-0.3, -0.25) is 0 Å². The zero-order chi connectivity index (χ0) is 11.3. The van der Waals surface area contributed by atoms with Crippen LogP contribution in [-0.4, -0.2) is 35.8 Å². The smallest absolute Gasteiger partial charge is 0.414 e. The minimum Gasteiger partial charge on any atom is -0.416 e. The highest BCUT2D eigenvalue weighted by atomic mass is 16.6. The number of allylic oxidation sites excluding steroid dienone is 1. The van der Waals surface area contributed by atoms with Crippen LogP contribution in [0.5, 0.6) is 0 Å². The Balaban J connectivity index is 2.30. The van der Waals surface area contributed by atoms with Crippen molar-refractivity contribution in [3.05, 3.63) is 12.3 Å². The summed E-state index contributed by atoms with van der Waals surface area (Å²) >= 11 is 0. The molecule has 0 bridgehead atoms. The molecule has 0 saturated carbocycles. The second kappa shape index (κ2) is 5.75. The van der Waals surface area contributed by atoms with Crippen LogP contribution in [0.25, 0.3) is 0 Å². The molecule has 0 aromatic carbocycles. The molecule has 4 heteroatoms. The molecule has 1 saturated heterocycles. The van der Waals surface area contributed by atoms with Gasteiger partial charge in [0.25, 0.3) is 0 Å². The fraction of sp³-hybridized carbons (Fsp3) is 0.727. The van der Waals surface area contributed by atoms with Crippen molar-refractivity contribution in [3.63, 3.8) is 0 Å². The Morgan fingerprint density at radius 3 is 2.60 bits per heavy atom. The lowest BCUT2D eigenvalue weighted by Crippen LogP contribution is -2.38. The normalized spacial score (nSPS) is 17.6. The Bertz CT molecular complexity index is 232. The van der Waals surface area contributed by atoms with Gasteiger partial charge in [-0.15, -0.1) is 0 Å². The van der Waals surface area contributed by atoms with E-state index >= 15 is 0 Å². The third-order valence-electron chi connectivity index (χ3n) is 2.67. The van der Waals surface area contributed by atoms with Crippen molar-refractivity contribution in [2.24, 2.45) is 5.92 Å². The van der Waals surface area contributed by atoms with Crippen molar-refractivity contribution >= 4 is 6.09 Å². The fourth-order valence-electron chi connectivity index (χ4n) is 1.80. The lowest BCUT2D eigenvalue weighted by atomic mass is 9.94. The van der Waals surface area contributed by atoms with Crippen molar-refractivity contribution in [1.82, 2.24) is 4.90 Å². The maximum atomic E-state index is 11.5. The molecule has 1 heterocycles. The third-order valence-corrected chi connectivity index (χ3v) is 2.67. The van der Waals surface area contributed by atoms with E-state index in [4.69, 9.17) is 9.84 Å². The molecule has 0 atom stereocenters. The van der Waals surface area contributed by atoms with Gasteiger partial charge < -0.3 is 14.7 Å². The summed E-state index contributed by atoms with van der Waals surface area (Å²) in [7, 11) is 0. The second-order valence-electron chi connectivity index (χ2n) is 4.01. The van der Waals surface area contributed by atoms with Crippen LogP contribution in [0.3, 0.4) is 0 Å². The molecule has 1 aliphatic heterocycles. The van der Waals surface area contributed by atoms with Gasteiger partial charge in [0.05, 0.1) is 5.76 Å². The van der Waals surface area contributed by atoms with E-state index in [0.29, 0.717) is 11.7 Å². The van der Waals surface area contributed by atoms with Gasteiger partial charge in [0.1, 0.15) is 0 Å². The van der Waals surface area contributed by atoms with Gasteiger partial charge in [0.15, 0.2) is 0 Å². The van der Waals surface area contributed by atoms with Gasteiger partial charge in [-0.2, -0.15) is 0 Å². The Morgan fingerprint density at radius 2 is 2.13 bits per heavy atom. The van der Waals surface area contributed by atoms with E-state index in [0.717, 1.165) is 32.4 Å². The molecule has 15 heavy (non-hydrogen) atoms. The summed E-state index contributed by atoms with van der Waals surface area (Å²) in [6.45, 7) is 6.87. The van der Waals surface area contributed by atoms with Gasteiger partial charge in [0, 0.05) is 19.7 Å². The van der Waals surface area contributed by atoms with Crippen molar-refractivity contribution in [2.45, 2.75) is 26.2 Å². The summed E-state index contributed by atoms with van der Waals surface area (Å²) in [4.78, 5) is 13.2. The number of ether oxygens (including phenoxy) is 1. The standard InChI is InChI=1S/C11H19NO3/c1-9(2)15-11(14)12-6-3-10(4-7-12)5-8-13/h10,13H,1,3-8H2,2H3. The molecule has 0 aliphatic carbocycles. The minimum absolute atomic E-state index is 0.237. The molecular weight excluding hydrogens is 194 g/mol. The molecule has 86 valence electrons. The Hall–Kier alpha value is -1.03. The summed E-state index contributed by atoms with van der Waals surface area (Å²) in [6.07, 6.45) is 2.44. The molecule has 1 amide bonds. The van der Waals surface area contributed by atoms with E-state index in [1.54, 1.807) is 11.8 Å². The number of piperidine rings is 1. The predicted octanol–water partition coefficient (Wildman–Crippen LogP) is 1.75. The van der Waals surface area contributed by atoms with Crippen LogP contribution in [-0.2, 0) is 4.74 Å². The molecule has 0 radical (unpaired) electrons. The van der Waals surface area contributed by atoms with E-state index < -0.39 is 0 Å². The van der Waals surface area contributed by atoms with E-state index in [-0.39, 0.29) is 12.7 Å². The molecule has 0 spiro atoms. The van der Waals surface area contributed by atoms with Gasteiger partial charge in [-0.25, -0.2) is 4.79 Å². The fourth-order valence-corrected chi connectivity index (χ4v) is 1.80. The maximum Gasteiger partial charge on any atom is 0.414 e. The number of rotatable bonds is 3. The summed E-state index contributed by atoms with van der Waals surface area (Å²) in [6, 6.07) is 0. The molecule has 0 aromatic heterocycles. The Morgan fingerprint density at radius 1 is 1.53 bits per heavy atom. The highest BCUT2D eigenvalue weighted by Crippen LogP contribution is 2.20. The summed E-state index contributed by atoms with van der Waals surface area (Å²) < 4.78 is 4.93. The van der Waals surface area contributed by atoms with Crippen LogP contribution < -0.4 is 0 Å². The summed E-state index contributed by atoms with van der Waals surface area (Å²) in [5.74, 6) is 0.973. The third kappa shape index (κ3) is 3.91. The number of hydrogen-bond donors (Lipinski definition) is 1. The average Bonchev–Trinajstić information content (AvgIpc) is 2.18. The Kier molecular flexibility index (Phi) is 4.62. The molecule has 0 unspecified atom stereocenters. The summed E-state index contributed by atoms with van der Waals surface area (Å²) in [5, 5.41) is 8.80. The molecule has 1 rings (SSSR count). The van der Waals surface area contributed by atoms with Crippen LogP contribution >= 0.6 is 0 Å². The number of carbonyl (C=O) groups is 1. The molecule has 1 N–H and O–H groups in total. The zero-order valence-corrected chi connectivity index (χ0v) is 9.24. The first-order chi connectivity index (χ1) is 7.13. The molecule has 1 aliphatic rings. The number of aliphatic hydroxyl groups is 1. The van der Waals surface area contributed by atoms with E-state index in [2.05, 4.69) is 6.58 Å². The first-order valence-corrected chi connectivity index (χ1v) is 5.36. The van der Waals surface area contributed by atoms with Gasteiger partial charge in [-0.05, 0) is 32.1 Å². The number of amides is 1. The predicted molar refractivity (Wildman–Crippen MR) is 57.3 cm³/mol. The minimum atomic E-state index is -0.301. The van der Waals surface area contributed by atoms with Crippen LogP contribution in [0.15, 0.2) is 12.3 Å². The number of carbonyl (C=O) groups excluding carboxylic acids is 1. The van der Waals surface area contributed by atoms with Crippen LogP contribution in [0.1, 0.15) is 26.2 Å². The second-order valence-corrected chi connectivity index (χ2v) is 4.01. The van der Waals surface area contributed by atoms with Crippen molar-refractivity contribution in [2.75, 3.05) is 19.7 Å². The lowest BCUT2D eigenvalue weighted by Gasteiger charge is -2.30. The SMILES string of the molecule is C=C(C)OC(=O)N1CCC(CCO)CC1. The molecule has 0 aromatic rings. The number of hydrogen-bond acceptors (Lipinski definition) is 3. The zero-order valence-electron chi connectivity index (χ0n) is 9.24. The van der Waals surface area contributed by atoms with Crippen molar-refractivity contribution in [1.29, 1.82) is 0 Å².